The van der Waals surface area contributed by atoms with Crippen LogP contribution in [0.3, 0.4) is 0 Å². The molecule has 1 atom stereocenters. The molecule has 1 unspecified atom stereocenters. The van der Waals surface area contributed by atoms with Gasteiger partial charge in [-0.25, -0.2) is 4.39 Å². The van der Waals surface area contributed by atoms with Gasteiger partial charge in [0.2, 0.25) is 0 Å². The van der Waals surface area contributed by atoms with Crippen molar-refractivity contribution in [2.75, 3.05) is 13.1 Å². The second kappa shape index (κ2) is 4.39. The van der Waals surface area contributed by atoms with Crippen LogP contribution in [-0.4, -0.2) is 35.1 Å². The normalized spacial score (nSPS) is 20.2. The van der Waals surface area contributed by atoms with Gasteiger partial charge in [0.15, 0.2) is 0 Å². The number of aliphatic hydroxyl groups excluding tert-OH is 1. The number of likely N-dealkylation sites (tertiary alicyclic amines) is 1. The van der Waals surface area contributed by atoms with E-state index in [4.69, 9.17) is 11.6 Å². The van der Waals surface area contributed by atoms with E-state index < -0.39 is 11.9 Å². The van der Waals surface area contributed by atoms with Crippen molar-refractivity contribution in [2.45, 2.75) is 12.5 Å². The van der Waals surface area contributed by atoms with E-state index in [0.29, 0.717) is 19.5 Å². The third kappa shape index (κ3) is 2.33. The van der Waals surface area contributed by atoms with Gasteiger partial charge in [-0.1, -0.05) is 11.6 Å². The number of rotatable bonds is 1. The molecule has 5 heteroatoms. The minimum atomic E-state index is -0.532. The third-order valence-corrected chi connectivity index (χ3v) is 2.78. The van der Waals surface area contributed by atoms with Gasteiger partial charge >= 0.3 is 0 Å². The SMILES string of the molecule is O=C(c1cc(F)cc(Cl)c1)N1CCC(O)C1. The number of hydrogen-bond acceptors (Lipinski definition) is 2. The van der Waals surface area contributed by atoms with Crippen molar-refractivity contribution < 1.29 is 14.3 Å². The summed E-state index contributed by atoms with van der Waals surface area (Å²) < 4.78 is 13.0. The number of halogens is 2. The summed E-state index contributed by atoms with van der Waals surface area (Å²) in [6, 6.07) is 3.73. The lowest BCUT2D eigenvalue weighted by Crippen LogP contribution is -2.29. The molecule has 1 aromatic carbocycles. The van der Waals surface area contributed by atoms with Crippen molar-refractivity contribution in [3.8, 4) is 0 Å². The van der Waals surface area contributed by atoms with Crippen molar-refractivity contribution in [3.63, 3.8) is 0 Å². The summed E-state index contributed by atoms with van der Waals surface area (Å²) >= 11 is 5.67. The number of β-amino-alcohol motifs (C(OH)–C–C–N with tert-alkyl or cyclic N) is 1. The smallest absolute Gasteiger partial charge is 0.254 e. The summed E-state index contributed by atoms with van der Waals surface area (Å²) in [6.45, 7) is 0.793. The molecular formula is C11H11ClFNO2. The molecule has 0 saturated carbocycles. The van der Waals surface area contributed by atoms with Crippen molar-refractivity contribution in [3.05, 3.63) is 34.6 Å². The summed E-state index contributed by atoms with van der Waals surface area (Å²) in [7, 11) is 0. The maximum Gasteiger partial charge on any atom is 0.254 e. The molecule has 0 bridgehead atoms. The van der Waals surface area contributed by atoms with Crippen LogP contribution < -0.4 is 0 Å². The van der Waals surface area contributed by atoms with Crippen LogP contribution in [0.15, 0.2) is 18.2 Å². The maximum atomic E-state index is 13.0. The van der Waals surface area contributed by atoms with Gasteiger partial charge in [0.1, 0.15) is 5.82 Å². The Hall–Kier alpha value is -1.13. The van der Waals surface area contributed by atoms with E-state index in [1.165, 1.54) is 11.0 Å². The van der Waals surface area contributed by atoms with Crippen LogP contribution in [0, 0.1) is 5.82 Å². The molecule has 1 aliphatic heterocycles. The Bertz CT molecular complexity index is 404. The van der Waals surface area contributed by atoms with Crippen LogP contribution in [0.1, 0.15) is 16.8 Å². The lowest BCUT2D eigenvalue weighted by molar-refractivity contribution is 0.0764. The first-order chi connectivity index (χ1) is 7.56. The fraction of sp³-hybridized carbons (Fsp3) is 0.364. The predicted molar refractivity (Wildman–Crippen MR) is 57.9 cm³/mol. The molecule has 2 rings (SSSR count). The van der Waals surface area contributed by atoms with Gasteiger partial charge in [-0.05, 0) is 24.6 Å². The molecule has 0 spiro atoms. The quantitative estimate of drug-likeness (QED) is 0.815. The van der Waals surface area contributed by atoms with Gasteiger partial charge in [-0.2, -0.15) is 0 Å². The molecule has 1 saturated heterocycles. The van der Waals surface area contributed by atoms with Crippen molar-refractivity contribution >= 4 is 17.5 Å². The van der Waals surface area contributed by atoms with Gasteiger partial charge in [0, 0.05) is 23.7 Å². The van der Waals surface area contributed by atoms with Crippen LogP contribution in [-0.2, 0) is 0 Å². The summed E-state index contributed by atoms with van der Waals surface area (Å²) in [5.41, 5.74) is 0.221. The Morgan fingerprint density at radius 2 is 2.25 bits per heavy atom. The Kier molecular flexibility index (Phi) is 3.12. The van der Waals surface area contributed by atoms with Crippen molar-refractivity contribution in [1.82, 2.24) is 4.90 Å². The van der Waals surface area contributed by atoms with Crippen LogP contribution in [0.5, 0.6) is 0 Å². The number of carbonyl (C=O) groups excluding carboxylic acids is 1. The van der Waals surface area contributed by atoms with Crippen LogP contribution in [0.25, 0.3) is 0 Å². The molecule has 16 heavy (non-hydrogen) atoms. The first-order valence-electron chi connectivity index (χ1n) is 4.99. The second-order valence-corrected chi connectivity index (χ2v) is 4.29. The maximum absolute atomic E-state index is 13.0. The molecule has 0 aliphatic carbocycles. The largest absolute Gasteiger partial charge is 0.391 e. The first-order valence-corrected chi connectivity index (χ1v) is 5.37. The van der Waals surface area contributed by atoms with E-state index in [2.05, 4.69) is 0 Å². The topological polar surface area (TPSA) is 40.5 Å². The Balaban J connectivity index is 2.20. The standard InChI is InChI=1S/C11H11ClFNO2/c12-8-3-7(4-9(13)5-8)11(16)14-2-1-10(15)6-14/h3-5,10,15H,1-2,6H2. The van der Waals surface area contributed by atoms with E-state index >= 15 is 0 Å². The second-order valence-electron chi connectivity index (χ2n) is 3.85. The molecular weight excluding hydrogens is 233 g/mol. The molecule has 3 nitrogen and oxygen atoms in total. The monoisotopic (exact) mass is 243 g/mol. The lowest BCUT2D eigenvalue weighted by atomic mass is 10.2. The molecule has 86 valence electrons. The highest BCUT2D eigenvalue weighted by atomic mass is 35.5. The van der Waals surface area contributed by atoms with Gasteiger partial charge in [0.05, 0.1) is 6.10 Å². The molecule has 1 heterocycles. The van der Waals surface area contributed by atoms with Gasteiger partial charge < -0.3 is 10.0 Å². The summed E-state index contributed by atoms with van der Waals surface area (Å²) in [6.07, 6.45) is 0.0856. The van der Waals surface area contributed by atoms with Gasteiger partial charge in [-0.15, -0.1) is 0 Å². The number of carbonyl (C=O) groups is 1. The number of nitrogens with zero attached hydrogens (tertiary/aromatic N) is 1. The number of amides is 1. The van der Waals surface area contributed by atoms with Gasteiger partial charge in [0.25, 0.3) is 5.91 Å². The van der Waals surface area contributed by atoms with E-state index in [9.17, 15) is 14.3 Å². The average Bonchev–Trinajstić information content (AvgIpc) is 2.62. The Morgan fingerprint density at radius 1 is 1.50 bits per heavy atom. The van der Waals surface area contributed by atoms with Crippen LogP contribution in [0.2, 0.25) is 5.02 Å². The summed E-state index contributed by atoms with van der Waals surface area (Å²) in [5, 5.41) is 9.51. The first kappa shape index (κ1) is 11.4. The van der Waals surface area contributed by atoms with E-state index in [-0.39, 0.29) is 16.5 Å². The fourth-order valence-electron chi connectivity index (χ4n) is 1.79. The molecule has 1 amide bonds. The lowest BCUT2D eigenvalue weighted by Gasteiger charge is -2.15. The predicted octanol–water partition coefficient (Wildman–Crippen LogP) is 1.69. The van der Waals surface area contributed by atoms with Crippen molar-refractivity contribution in [2.24, 2.45) is 0 Å². The molecule has 1 aliphatic rings. The average molecular weight is 244 g/mol. The number of aliphatic hydroxyl groups is 1. The minimum Gasteiger partial charge on any atom is -0.391 e. The molecule has 0 aromatic heterocycles. The highest BCUT2D eigenvalue weighted by molar-refractivity contribution is 6.31. The minimum absolute atomic E-state index is 0.197. The molecule has 1 aromatic rings. The van der Waals surface area contributed by atoms with Crippen molar-refractivity contribution in [1.29, 1.82) is 0 Å². The van der Waals surface area contributed by atoms with Gasteiger partial charge in [-0.3, -0.25) is 4.79 Å². The third-order valence-electron chi connectivity index (χ3n) is 2.56. The molecule has 0 radical (unpaired) electrons. The highest BCUT2D eigenvalue weighted by Crippen LogP contribution is 2.18. The Labute approximate surface area is 97.4 Å². The summed E-state index contributed by atoms with van der Waals surface area (Å²) in [4.78, 5) is 13.4. The van der Waals surface area contributed by atoms with Crippen LogP contribution in [0.4, 0.5) is 4.39 Å². The van der Waals surface area contributed by atoms with E-state index in [0.717, 1.165) is 12.1 Å². The number of benzene rings is 1. The van der Waals surface area contributed by atoms with E-state index in [1.54, 1.807) is 0 Å². The zero-order chi connectivity index (χ0) is 11.7. The van der Waals surface area contributed by atoms with E-state index in [1.807, 2.05) is 0 Å². The zero-order valence-electron chi connectivity index (χ0n) is 8.49. The zero-order valence-corrected chi connectivity index (χ0v) is 9.25. The highest BCUT2D eigenvalue weighted by Gasteiger charge is 2.25. The summed E-state index contributed by atoms with van der Waals surface area (Å²) in [5.74, 6) is -0.825. The fourth-order valence-corrected chi connectivity index (χ4v) is 2.01. The molecule has 1 fully saturated rings. The Morgan fingerprint density at radius 3 is 2.81 bits per heavy atom. The number of hydrogen-bond donors (Lipinski definition) is 1. The van der Waals surface area contributed by atoms with Crippen LogP contribution >= 0.6 is 11.6 Å². The molecule has 1 N–H and O–H groups in total.